The summed E-state index contributed by atoms with van der Waals surface area (Å²) in [5.74, 6) is 0.917. The molecule has 5 aromatic rings. The highest BCUT2D eigenvalue weighted by Crippen LogP contribution is 2.35. The summed E-state index contributed by atoms with van der Waals surface area (Å²) in [5, 5.41) is 4.23. The van der Waals surface area contributed by atoms with Crippen molar-refractivity contribution in [3.8, 4) is 28.1 Å². The molecular formula is C26H23N7OS. The van der Waals surface area contributed by atoms with Crippen LogP contribution in [0.4, 0.5) is 11.4 Å². The molecule has 9 heteroatoms. The zero-order valence-electron chi connectivity index (χ0n) is 19.3. The van der Waals surface area contributed by atoms with Crippen LogP contribution >= 0.6 is 11.9 Å². The van der Waals surface area contributed by atoms with Gasteiger partial charge < -0.3 is 14.4 Å². The molecule has 0 bridgehead atoms. The number of pyridine rings is 1. The van der Waals surface area contributed by atoms with Gasteiger partial charge in [-0.05, 0) is 53.9 Å². The molecule has 0 aliphatic carbocycles. The number of aromatic nitrogens is 5. The summed E-state index contributed by atoms with van der Waals surface area (Å²) >= 11 is 1.54. The molecule has 4 heterocycles. The summed E-state index contributed by atoms with van der Waals surface area (Å²) in [6.45, 7) is 1.61. The lowest BCUT2D eigenvalue weighted by Gasteiger charge is -2.27. The first-order chi connectivity index (χ1) is 17.1. The van der Waals surface area contributed by atoms with Crippen molar-refractivity contribution < 1.29 is 4.74 Å². The first-order valence-corrected chi connectivity index (χ1v) is 12.1. The molecule has 1 N–H and O–H groups in total. The van der Waals surface area contributed by atoms with Gasteiger partial charge in [0, 0.05) is 42.5 Å². The van der Waals surface area contributed by atoms with Crippen molar-refractivity contribution in [3.05, 3.63) is 73.4 Å². The largest absolute Gasteiger partial charge is 0.490 e. The summed E-state index contributed by atoms with van der Waals surface area (Å²) < 4.78 is 11.0. The van der Waals surface area contributed by atoms with Crippen LogP contribution in [-0.2, 0) is 7.05 Å². The topological polar surface area (TPSA) is 81.0 Å². The van der Waals surface area contributed by atoms with E-state index in [9.17, 15) is 0 Å². The number of rotatable bonds is 5. The number of nitrogens with one attached hydrogen (secondary N) is 1. The van der Waals surface area contributed by atoms with Crippen molar-refractivity contribution in [2.45, 2.75) is 4.90 Å². The van der Waals surface area contributed by atoms with Crippen molar-refractivity contribution in [3.63, 3.8) is 0 Å². The van der Waals surface area contributed by atoms with Crippen molar-refractivity contribution in [1.29, 1.82) is 0 Å². The van der Waals surface area contributed by atoms with Gasteiger partial charge >= 0.3 is 0 Å². The average molecular weight is 482 g/mol. The molecule has 1 aliphatic heterocycles. The summed E-state index contributed by atoms with van der Waals surface area (Å²) in [6.07, 6.45) is 9.19. The van der Waals surface area contributed by atoms with E-state index in [0.29, 0.717) is 6.61 Å². The summed E-state index contributed by atoms with van der Waals surface area (Å²) in [6, 6.07) is 14.4. The second kappa shape index (κ2) is 8.92. The molecule has 0 spiro atoms. The van der Waals surface area contributed by atoms with E-state index in [1.54, 1.807) is 17.1 Å². The fraction of sp³-hybridized carbons (Fsp3) is 0.154. The van der Waals surface area contributed by atoms with Crippen LogP contribution in [0.5, 0.6) is 5.75 Å². The SMILES string of the molecule is CN1CCOc2cc(SNc3cncc(-c4ccc5ncc(-c6cnn(C)c6)nc5c4)c3)ccc21. The number of hydrogen-bond donors (Lipinski definition) is 1. The minimum Gasteiger partial charge on any atom is -0.490 e. The Labute approximate surface area is 207 Å². The minimum atomic E-state index is 0.705. The Hall–Kier alpha value is -4.11. The van der Waals surface area contributed by atoms with E-state index in [0.717, 1.165) is 62.0 Å². The molecule has 0 saturated carbocycles. The van der Waals surface area contributed by atoms with Gasteiger partial charge in [-0.25, -0.2) is 4.98 Å². The highest BCUT2D eigenvalue weighted by Gasteiger charge is 2.15. The van der Waals surface area contributed by atoms with E-state index >= 15 is 0 Å². The molecule has 35 heavy (non-hydrogen) atoms. The molecule has 0 amide bonds. The molecule has 0 fully saturated rings. The van der Waals surface area contributed by atoms with Gasteiger partial charge in [0.2, 0.25) is 0 Å². The lowest BCUT2D eigenvalue weighted by atomic mass is 10.1. The van der Waals surface area contributed by atoms with E-state index in [1.165, 1.54) is 11.9 Å². The normalized spacial score (nSPS) is 12.9. The van der Waals surface area contributed by atoms with Gasteiger partial charge in [-0.3, -0.25) is 14.6 Å². The zero-order chi connectivity index (χ0) is 23.8. The van der Waals surface area contributed by atoms with Gasteiger partial charge in [-0.2, -0.15) is 5.10 Å². The quantitative estimate of drug-likeness (QED) is 0.350. The first-order valence-electron chi connectivity index (χ1n) is 11.2. The number of nitrogens with zero attached hydrogens (tertiary/aromatic N) is 6. The predicted molar refractivity (Wildman–Crippen MR) is 140 cm³/mol. The highest BCUT2D eigenvalue weighted by atomic mass is 32.2. The van der Waals surface area contributed by atoms with Crippen molar-refractivity contribution in [2.75, 3.05) is 29.8 Å². The van der Waals surface area contributed by atoms with Crippen molar-refractivity contribution in [1.82, 2.24) is 24.7 Å². The molecule has 0 radical (unpaired) electrons. The molecule has 1 aliphatic rings. The van der Waals surface area contributed by atoms with E-state index < -0.39 is 0 Å². The second-order valence-electron chi connectivity index (χ2n) is 8.43. The third kappa shape index (κ3) is 4.38. The van der Waals surface area contributed by atoms with E-state index in [1.807, 2.05) is 43.8 Å². The maximum absolute atomic E-state index is 5.83. The van der Waals surface area contributed by atoms with Crippen LogP contribution in [-0.4, -0.2) is 44.9 Å². The first kappa shape index (κ1) is 21.4. The molecule has 2 aromatic carbocycles. The number of anilines is 2. The average Bonchev–Trinajstić information content (AvgIpc) is 3.33. The van der Waals surface area contributed by atoms with Crippen LogP contribution in [0.15, 0.2) is 78.3 Å². The Balaban J connectivity index is 1.23. The fourth-order valence-electron chi connectivity index (χ4n) is 4.06. The van der Waals surface area contributed by atoms with E-state index in [2.05, 4.69) is 56.0 Å². The smallest absolute Gasteiger partial charge is 0.143 e. The van der Waals surface area contributed by atoms with Gasteiger partial charge in [0.25, 0.3) is 0 Å². The van der Waals surface area contributed by atoms with Gasteiger partial charge in [-0.15, -0.1) is 0 Å². The highest BCUT2D eigenvalue weighted by molar-refractivity contribution is 8.00. The standard InChI is InChI=1S/C26H23N7OS/c1-32-7-8-34-26-11-21(4-6-25(26)32)35-31-20-9-18(12-27-14-20)17-3-5-22-23(10-17)30-24(15-28-22)19-13-29-33(2)16-19/h3-6,9-16,31H,7-8H2,1-2H3. The monoisotopic (exact) mass is 481 g/mol. The van der Waals surface area contributed by atoms with Crippen LogP contribution in [0.1, 0.15) is 0 Å². The zero-order valence-corrected chi connectivity index (χ0v) is 20.2. The van der Waals surface area contributed by atoms with Crippen molar-refractivity contribution >= 4 is 34.4 Å². The number of hydrogen-bond acceptors (Lipinski definition) is 8. The van der Waals surface area contributed by atoms with Crippen LogP contribution in [0.2, 0.25) is 0 Å². The van der Waals surface area contributed by atoms with Gasteiger partial charge in [0.1, 0.15) is 12.4 Å². The number of likely N-dealkylation sites (N-methyl/N-ethyl adjacent to an activating group) is 1. The third-order valence-electron chi connectivity index (χ3n) is 5.93. The summed E-state index contributed by atoms with van der Waals surface area (Å²) in [4.78, 5) is 17.1. The maximum atomic E-state index is 5.83. The molecule has 3 aromatic heterocycles. The van der Waals surface area contributed by atoms with E-state index in [4.69, 9.17) is 9.72 Å². The molecular weight excluding hydrogens is 458 g/mol. The van der Waals surface area contributed by atoms with Crippen LogP contribution in [0, 0.1) is 0 Å². The molecule has 6 rings (SSSR count). The van der Waals surface area contributed by atoms with Gasteiger partial charge in [0.15, 0.2) is 0 Å². The van der Waals surface area contributed by atoms with Gasteiger partial charge in [0.05, 0.1) is 53.2 Å². The Kier molecular flexibility index (Phi) is 5.46. The number of ether oxygens (including phenoxy) is 1. The molecule has 0 unspecified atom stereocenters. The molecule has 0 saturated heterocycles. The van der Waals surface area contributed by atoms with Crippen molar-refractivity contribution in [2.24, 2.45) is 7.05 Å². The molecule has 0 atom stereocenters. The second-order valence-corrected chi connectivity index (χ2v) is 9.31. The lowest BCUT2D eigenvalue weighted by molar-refractivity contribution is 0.310. The summed E-state index contributed by atoms with van der Waals surface area (Å²) in [5.41, 5.74) is 7.48. The number of fused-ring (bicyclic) bond motifs is 2. The molecule has 8 nitrogen and oxygen atoms in total. The minimum absolute atomic E-state index is 0.705. The summed E-state index contributed by atoms with van der Waals surface area (Å²) in [7, 11) is 3.97. The third-order valence-corrected chi connectivity index (χ3v) is 6.76. The predicted octanol–water partition coefficient (Wildman–Crippen LogP) is 5.04. The Morgan fingerprint density at radius 2 is 1.86 bits per heavy atom. The Morgan fingerprint density at radius 1 is 0.914 bits per heavy atom. The molecule has 174 valence electrons. The number of aryl methyl sites for hydroxylation is 1. The van der Waals surface area contributed by atoms with Crippen LogP contribution < -0.4 is 14.4 Å². The number of benzene rings is 2. The fourth-order valence-corrected chi connectivity index (χ4v) is 4.71. The van der Waals surface area contributed by atoms with E-state index in [-0.39, 0.29) is 0 Å². The van der Waals surface area contributed by atoms with Crippen LogP contribution in [0.3, 0.4) is 0 Å². The maximum Gasteiger partial charge on any atom is 0.143 e. The lowest BCUT2D eigenvalue weighted by Crippen LogP contribution is -2.28. The van der Waals surface area contributed by atoms with Crippen LogP contribution in [0.25, 0.3) is 33.4 Å². The Morgan fingerprint density at radius 3 is 2.74 bits per heavy atom. The van der Waals surface area contributed by atoms with Gasteiger partial charge in [-0.1, -0.05) is 6.07 Å². The Bertz CT molecular complexity index is 1530.